The lowest BCUT2D eigenvalue weighted by molar-refractivity contribution is 0.134. The molecule has 0 aliphatic heterocycles. The number of amides is 1. The maximum Gasteiger partial charge on any atom is 0.407 e. The van der Waals surface area contributed by atoms with E-state index in [1.54, 1.807) is 0 Å². The molecule has 132 valence electrons. The van der Waals surface area contributed by atoms with Gasteiger partial charge in [0.1, 0.15) is 6.61 Å². The van der Waals surface area contributed by atoms with Crippen LogP contribution in [-0.2, 0) is 4.74 Å². The van der Waals surface area contributed by atoms with E-state index < -0.39 is 6.09 Å². The number of hydrogen-bond acceptors (Lipinski definition) is 3. The van der Waals surface area contributed by atoms with Crippen molar-refractivity contribution >= 4 is 6.09 Å². The van der Waals surface area contributed by atoms with Gasteiger partial charge in [-0.3, -0.25) is 0 Å². The standard InChI is InChI=1S/C21H25NO3/c1-14(2)15(12-23)11-22-21(24)25-13-20-18-9-5-3-7-16(18)17-8-4-6-10-19(17)20/h3-10,14-15,20,23H,11-13H2,1-2H3,(H,22,24)/t15-/m0/s1. The molecule has 25 heavy (non-hydrogen) atoms. The minimum absolute atomic E-state index is 0.0421. The SMILES string of the molecule is CC(C)[C@H](CO)CNC(=O)OCC1c2ccccc2-c2ccccc21. The summed E-state index contributed by atoms with van der Waals surface area (Å²) < 4.78 is 5.48. The average Bonchev–Trinajstić information content (AvgIpc) is 2.94. The van der Waals surface area contributed by atoms with Gasteiger partial charge in [0.25, 0.3) is 0 Å². The summed E-state index contributed by atoms with van der Waals surface area (Å²) >= 11 is 0. The van der Waals surface area contributed by atoms with Crippen molar-refractivity contribution in [3.63, 3.8) is 0 Å². The smallest absolute Gasteiger partial charge is 0.407 e. The van der Waals surface area contributed by atoms with Crippen molar-refractivity contribution in [3.8, 4) is 11.1 Å². The highest BCUT2D eigenvalue weighted by molar-refractivity contribution is 5.79. The van der Waals surface area contributed by atoms with Gasteiger partial charge in [-0.05, 0) is 28.2 Å². The fourth-order valence-corrected chi connectivity index (χ4v) is 3.37. The molecule has 1 aliphatic rings. The molecule has 2 aromatic carbocycles. The van der Waals surface area contributed by atoms with Crippen molar-refractivity contribution in [1.82, 2.24) is 5.32 Å². The maximum absolute atomic E-state index is 12.1. The summed E-state index contributed by atoms with van der Waals surface area (Å²) in [5.41, 5.74) is 4.83. The van der Waals surface area contributed by atoms with Crippen LogP contribution in [0.5, 0.6) is 0 Å². The first kappa shape index (κ1) is 17.5. The summed E-state index contributed by atoms with van der Waals surface area (Å²) in [7, 11) is 0. The van der Waals surface area contributed by atoms with E-state index in [-0.39, 0.29) is 18.4 Å². The lowest BCUT2D eigenvalue weighted by Gasteiger charge is -2.19. The average molecular weight is 339 g/mol. The van der Waals surface area contributed by atoms with Crippen LogP contribution in [0.4, 0.5) is 4.79 Å². The van der Waals surface area contributed by atoms with Crippen LogP contribution >= 0.6 is 0 Å². The van der Waals surface area contributed by atoms with Crippen LogP contribution in [0.3, 0.4) is 0 Å². The molecule has 0 heterocycles. The highest BCUT2D eigenvalue weighted by Crippen LogP contribution is 2.44. The second-order valence-electron chi connectivity index (χ2n) is 6.89. The van der Waals surface area contributed by atoms with Gasteiger partial charge in [-0.25, -0.2) is 4.79 Å². The van der Waals surface area contributed by atoms with Crippen LogP contribution in [0.2, 0.25) is 0 Å². The number of fused-ring (bicyclic) bond motifs is 3. The topological polar surface area (TPSA) is 58.6 Å². The van der Waals surface area contributed by atoms with Gasteiger partial charge in [0.15, 0.2) is 0 Å². The number of carbonyl (C=O) groups is 1. The van der Waals surface area contributed by atoms with Crippen LogP contribution in [0.15, 0.2) is 48.5 Å². The number of alkyl carbamates (subject to hydrolysis) is 1. The van der Waals surface area contributed by atoms with Gasteiger partial charge in [0, 0.05) is 25.0 Å². The first-order valence-electron chi connectivity index (χ1n) is 8.81. The Kier molecular flexibility index (Phi) is 5.39. The Labute approximate surface area is 148 Å². The molecule has 2 aromatic rings. The number of nitrogens with one attached hydrogen (secondary N) is 1. The third kappa shape index (κ3) is 3.69. The number of aliphatic hydroxyl groups is 1. The largest absolute Gasteiger partial charge is 0.449 e. The highest BCUT2D eigenvalue weighted by atomic mass is 16.5. The molecule has 0 saturated carbocycles. The molecule has 1 atom stereocenters. The van der Waals surface area contributed by atoms with Crippen LogP contribution < -0.4 is 5.32 Å². The molecule has 4 heteroatoms. The zero-order chi connectivity index (χ0) is 17.8. The Bertz CT molecular complexity index is 696. The van der Waals surface area contributed by atoms with Crippen molar-refractivity contribution in [2.24, 2.45) is 11.8 Å². The van der Waals surface area contributed by atoms with Gasteiger partial charge in [-0.15, -0.1) is 0 Å². The molecule has 1 aliphatic carbocycles. The summed E-state index contributed by atoms with van der Waals surface area (Å²) in [6.45, 7) is 4.85. The third-order valence-corrected chi connectivity index (χ3v) is 5.03. The van der Waals surface area contributed by atoms with Crippen molar-refractivity contribution in [2.45, 2.75) is 19.8 Å². The summed E-state index contributed by atoms with van der Waals surface area (Å²) in [6, 6.07) is 16.5. The summed E-state index contributed by atoms with van der Waals surface area (Å²) in [6.07, 6.45) is -0.430. The fraction of sp³-hybridized carbons (Fsp3) is 0.381. The molecular formula is C21H25NO3. The second-order valence-corrected chi connectivity index (χ2v) is 6.89. The van der Waals surface area contributed by atoms with E-state index in [0.717, 1.165) is 0 Å². The Morgan fingerprint density at radius 3 is 2.16 bits per heavy atom. The van der Waals surface area contributed by atoms with Gasteiger partial charge in [0.2, 0.25) is 0 Å². The van der Waals surface area contributed by atoms with Gasteiger partial charge in [-0.1, -0.05) is 62.4 Å². The van der Waals surface area contributed by atoms with Crippen LogP contribution in [0, 0.1) is 11.8 Å². The first-order valence-corrected chi connectivity index (χ1v) is 8.81. The minimum Gasteiger partial charge on any atom is -0.449 e. The molecular weight excluding hydrogens is 314 g/mol. The predicted octanol–water partition coefficient (Wildman–Crippen LogP) is 3.79. The lowest BCUT2D eigenvalue weighted by atomic mass is 9.97. The molecule has 0 bridgehead atoms. The highest BCUT2D eigenvalue weighted by Gasteiger charge is 2.29. The molecule has 0 spiro atoms. The number of hydrogen-bond donors (Lipinski definition) is 2. The number of rotatable bonds is 6. The van der Waals surface area contributed by atoms with E-state index in [0.29, 0.717) is 19.1 Å². The summed E-state index contributed by atoms with van der Waals surface area (Å²) in [5.74, 6) is 0.413. The minimum atomic E-state index is -0.430. The first-order chi connectivity index (χ1) is 12.1. The molecule has 0 aromatic heterocycles. The fourth-order valence-electron chi connectivity index (χ4n) is 3.37. The molecule has 1 amide bonds. The number of aliphatic hydroxyl groups excluding tert-OH is 1. The van der Waals surface area contributed by atoms with Crippen LogP contribution in [-0.4, -0.2) is 31.0 Å². The molecule has 0 saturated heterocycles. The third-order valence-electron chi connectivity index (χ3n) is 5.03. The second kappa shape index (κ2) is 7.70. The van der Waals surface area contributed by atoms with Crippen molar-refractivity contribution in [3.05, 3.63) is 59.7 Å². The molecule has 0 radical (unpaired) electrons. The zero-order valence-electron chi connectivity index (χ0n) is 14.7. The van der Waals surface area contributed by atoms with E-state index in [1.807, 2.05) is 38.1 Å². The Balaban J connectivity index is 1.65. The quantitative estimate of drug-likeness (QED) is 0.842. The van der Waals surface area contributed by atoms with E-state index in [9.17, 15) is 9.90 Å². The Morgan fingerprint density at radius 1 is 1.08 bits per heavy atom. The molecule has 0 unspecified atom stereocenters. The number of ether oxygens (including phenoxy) is 1. The van der Waals surface area contributed by atoms with E-state index in [4.69, 9.17) is 4.74 Å². The number of benzene rings is 2. The van der Waals surface area contributed by atoms with Crippen LogP contribution in [0.25, 0.3) is 11.1 Å². The molecule has 0 fully saturated rings. The van der Waals surface area contributed by atoms with Crippen molar-refractivity contribution in [2.75, 3.05) is 19.8 Å². The van der Waals surface area contributed by atoms with Gasteiger partial charge in [0.05, 0.1) is 0 Å². The van der Waals surface area contributed by atoms with Gasteiger partial charge >= 0.3 is 6.09 Å². The summed E-state index contributed by atoms with van der Waals surface area (Å²) in [5, 5.41) is 12.1. The molecule has 3 rings (SSSR count). The van der Waals surface area contributed by atoms with E-state index in [2.05, 4.69) is 29.6 Å². The zero-order valence-corrected chi connectivity index (χ0v) is 14.7. The number of carbonyl (C=O) groups excluding carboxylic acids is 1. The molecule has 4 nitrogen and oxygen atoms in total. The Morgan fingerprint density at radius 2 is 1.64 bits per heavy atom. The van der Waals surface area contributed by atoms with Crippen molar-refractivity contribution in [1.29, 1.82) is 0 Å². The van der Waals surface area contributed by atoms with E-state index in [1.165, 1.54) is 22.3 Å². The van der Waals surface area contributed by atoms with Crippen LogP contribution in [0.1, 0.15) is 30.9 Å². The maximum atomic E-state index is 12.1. The monoisotopic (exact) mass is 339 g/mol. The Hall–Kier alpha value is -2.33. The normalized spacial score (nSPS) is 14.1. The van der Waals surface area contributed by atoms with Gasteiger partial charge in [-0.2, -0.15) is 0 Å². The van der Waals surface area contributed by atoms with E-state index >= 15 is 0 Å². The summed E-state index contributed by atoms with van der Waals surface area (Å²) in [4.78, 5) is 12.1. The van der Waals surface area contributed by atoms with Gasteiger partial charge < -0.3 is 15.2 Å². The molecule has 2 N–H and O–H groups in total. The predicted molar refractivity (Wildman–Crippen MR) is 98.5 cm³/mol. The lowest BCUT2D eigenvalue weighted by Crippen LogP contribution is -2.34. The van der Waals surface area contributed by atoms with Crippen molar-refractivity contribution < 1.29 is 14.6 Å².